The number of aryl methyl sites for hydroxylation is 1. The van der Waals surface area contributed by atoms with Gasteiger partial charge >= 0.3 is 5.69 Å². The maximum Gasteiger partial charge on any atom is 0.329 e. The minimum absolute atomic E-state index is 0.0648. The van der Waals surface area contributed by atoms with E-state index in [1.54, 1.807) is 42.5 Å². The molecule has 0 aliphatic heterocycles. The van der Waals surface area contributed by atoms with Crippen molar-refractivity contribution in [2.75, 3.05) is 0 Å². The first-order valence-corrected chi connectivity index (χ1v) is 10.2. The van der Waals surface area contributed by atoms with Crippen molar-refractivity contribution in [2.24, 2.45) is 0 Å². The van der Waals surface area contributed by atoms with Crippen LogP contribution in [0.25, 0.3) is 21.3 Å². The standard InChI is InChI=1S/C21H13Cl2N3O2S/c1-11-17(14-5-6-15(22)16(23)8-14)18-19(29-11)25-21(28)26(20(18)27)10-13-4-2-3-12(7-13)9-24/h2-8H,10H2,1H3,(H,25,28). The van der Waals surface area contributed by atoms with Gasteiger partial charge in [0.05, 0.1) is 33.6 Å². The Hall–Kier alpha value is -2.85. The van der Waals surface area contributed by atoms with Gasteiger partial charge in [0.15, 0.2) is 0 Å². The number of fused-ring (bicyclic) bond motifs is 1. The van der Waals surface area contributed by atoms with Crippen molar-refractivity contribution in [3.05, 3.63) is 89.4 Å². The van der Waals surface area contributed by atoms with Crippen LogP contribution < -0.4 is 11.2 Å². The van der Waals surface area contributed by atoms with Gasteiger partial charge in [0.2, 0.25) is 0 Å². The average Bonchev–Trinajstić information content (AvgIpc) is 3.03. The van der Waals surface area contributed by atoms with E-state index in [4.69, 9.17) is 28.5 Å². The number of H-pyrrole nitrogens is 1. The van der Waals surface area contributed by atoms with Crippen LogP contribution in [0.15, 0.2) is 52.1 Å². The Kier molecular flexibility index (Phi) is 5.05. The predicted molar refractivity (Wildman–Crippen MR) is 117 cm³/mol. The van der Waals surface area contributed by atoms with Crippen LogP contribution in [0.3, 0.4) is 0 Å². The van der Waals surface area contributed by atoms with Gasteiger partial charge in [-0.2, -0.15) is 5.26 Å². The van der Waals surface area contributed by atoms with Crippen molar-refractivity contribution < 1.29 is 0 Å². The molecule has 0 aliphatic rings. The Morgan fingerprint density at radius 3 is 2.66 bits per heavy atom. The highest BCUT2D eigenvalue weighted by molar-refractivity contribution is 7.19. The van der Waals surface area contributed by atoms with Crippen molar-refractivity contribution in [1.29, 1.82) is 5.26 Å². The smallest absolute Gasteiger partial charge is 0.298 e. The fraction of sp³-hybridized carbons (Fsp3) is 0.0952. The quantitative estimate of drug-likeness (QED) is 0.488. The van der Waals surface area contributed by atoms with Gasteiger partial charge in [-0.3, -0.25) is 14.3 Å². The number of hydrogen-bond donors (Lipinski definition) is 1. The summed E-state index contributed by atoms with van der Waals surface area (Å²) in [6, 6.07) is 14.1. The van der Waals surface area contributed by atoms with Gasteiger partial charge in [0.25, 0.3) is 5.56 Å². The molecule has 0 fully saturated rings. The molecule has 2 aromatic carbocycles. The minimum atomic E-state index is -0.494. The zero-order chi connectivity index (χ0) is 20.7. The van der Waals surface area contributed by atoms with Crippen LogP contribution >= 0.6 is 34.5 Å². The van der Waals surface area contributed by atoms with Crippen LogP contribution in [0.2, 0.25) is 10.0 Å². The second kappa shape index (κ2) is 7.53. The summed E-state index contributed by atoms with van der Waals surface area (Å²) in [7, 11) is 0. The maximum atomic E-state index is 13.3. The molecule has 0 amide bonds. The van der Waals surface area contributed by atoms with Gasteiger partial charge in [-0.15, -0.1) is 11.3 Å². The fourth-order valence-electron chi connectivity index (χ4n) is 3.29. The van der Waals surface area contributed by atoms with Crippen LogP contribution in [0.1, 0.15) is 16.0 Å². The Labute approximate surface area is 179 Å². The average molecular weight is 442 g/mol. The molecule has 5 nitrogen and oxygen atoms in total. The van der Waals surface area contributed by atoms with Crippen molar-refractivity contribution in [1.82, 2.24) is 9.55 Å². The molecule has 29 heavy (non-hydrogen) atoms. The topological polar surface area (TPSA) is 78.7 Å². The molecule has 2 heterocycles. The molecule has 0 spiro atoms. The van der Waals surface area contributed by atoms with E-state index >= 15 is 0 Å². The molecular formula is C21H13Cl2N3O2S. The summed E-state index contributed by atoms with van der Waals surface area (Å²) in [5, 5.41) is 10.3. The molecule has 0 radical (unpaired) electrons. The van der Waals surface area contributed by atoms with Gasteiger partial charge in [-0.25, -0.2) is 4.79 Å². The monoisotopic (exact) mass is 441 g/mol. The van der Waals surface area contributed by atoms with Crippen LogP contribution in [0, 0.1) is 18.3 Å². The molecule has 1 N–H and O–H groups in total. The van der Waals surface area contributed by atoms with E-state index in [0.29, 0.717) is 31.4 Å². The van der Waals surface area contributed by atoms with E-state index in [0.717, 1.165) is 20.6 Å². The molecule has 8 heteroatoms. The number of rotatable bonds is 3. The Balaban J connectivity index is 1.94. The number of aromatic nitrogens is 2. The van der Waals surface area contributed by atoms with E-state index in [2.05, 4.69) is 11.1 Å². The van der Waals surface area contributed by atoms with E-state index in [1.165, 1.54) is 11.3 Å². The second-order valence-corrected chi connectivity index (χ2v) is 8.54. The number of hydrogen-bond acceptors (Lipinski definition) is 4. The number of halogens is 2. The van der Waals surface area contributed by atoms with E-state index in [9.17, 15) is 9.59 Å². The largest absolute Gasteiger partial charge is 0.329 e. The maximum absolute atomic E-state index is 13.3. The fourth-order valence-corrected chi connectivity index (χ4v) is 4.65. The van der Waals surface area contributed by atoms with Crippen molar-refractivity contribution >= 4 is 44.8 Å². The molecule has 0 bridgehead atoms. The number of benzene rings is 2. The van der Waals surface area contributed by atoms with E-state index in [-0.39, 0.29) is 6.54 Å². The summed E-state index contributed by atoms with van der Waals surface area (Å²) in [5.41, 5.74) is 1.76. The predicted octanol–water partition coefficient (Wildman–Crippen LogP) is 4.95. The van der Waals surface area contributed by atoms with Crippen LogP contribution in [-0.2, 0) is 6.54 Å². The van der Waals surface area contributed by atoms with Gasteiger partial charge in [0.1, 0.15) is 4.83 Å². The molecule has 0 aliphatic carbocycles. The molecular weight excluding hydrogens is 429 g/mol. The molecule has 4 rings (SSSR count). The normalized spacial score (nSPS) is 11.0. The van der Waals surface area contributed by atoms with Crippen molar-refractivity contribution in [3.63, 3.8) is 0 Å². The first-order chi connectivity index (χ1) is 13.9. The second-order valence-electron chi connectivity index (χ2n) is 6.50. The summed E-state index contributed by atoms with van der Waals surface area (Å²) in [6.07, 6.45) is 0. The summed E-state index contributed by atoms with van der Waals surface area (Å²) in [6.45, 7) is 1.95. The van der Waals surface area contributed by atoms with E-state index in [1.807, 2.05) is 6.92 Å². The van der Waals surface area contributed by atoms with Crippen LogP contribution in [0.5, 0.6) is 0 Å². The number of nitriles is 1. The molecule has 2 aromatic heterocycles. The number of aromatic amines is 1. The third-order valence-corrected chi connectivity index (χ3v) is 6.37. The Bertz CT molecular complexity index is 1430. The van der Waals surface area contributed by atoms with Crippen molar-refractivity contribution in [3.8, 4) is 17.2 Å². The summed E-state index contributed by atoms with van der Waals surface area (Å²) < 4.78 is 1.14. The third kappa shape index (κ3) is 3.49. The highest BCUT2D eigenvalue weighted by Crippen LogP contribution is 2.37. The van der Waals surface area contributed by atoms with Crippen LogP contribution in [-0.4, -0.2) is 9.55 Å². The lowest BCUT2D eigenvalue weighted by atomic mass is 10.0. The Morgan fingerprint density at radius 2 is 1.93 bits per heavy atom. The molecule has 0 unspecified atom stereocenters. The van der Waals surface area contributed by atoms with Crippen molar-refractivity contribution in [2.45, 2.75) is 13.5 Å². The number of nitrogens with zero attached hydrogens (tertiary/aromatic N) is 2. The first kappa shape index (κ1) is 19.5. The first-order valence-electron chi connectivity index (χ1n) is 8.59. The summed E-state index contributed by atoms with van der Waals surface area (Å²) >= 11 is 13.5. The van der Waals surface area contributed by atoms with Gasteiger partial charge in [-0.05, 0) is 42.3 Å². The SMILES string of the molecule is Cc1sc2[nH]c(=O)n(Cc3cccc(C#N)c3)c(=O)c2c1-c1ccc(Cl)c(Cl)c1. The number of thiophene rings is 1. The molecule has 0 atom stereocenters. The zero-order valence-corrected chi connectivity index (χ0v) is 17.5. The third-order valence-electron chi connectivity index (χ3n) is 4.61. The molecule has 4 aromatic rings. The zero-order valence-electron chi connectivity index (χ0n) is 15.1. The highest BCUT2D eigenvalue weighted by atomic mass is 35.5. The summed E-state index contributed by atoms with van der Waals surface area (Å²) in [4.78, 5) is 30.1. The lowest BCUT2D eigenvalue weighted by Crippen LogP contribution is -2.35. The van der Waals surface area contributed by atoms with Gasteiger partial charge < -0.3 is 0 Å². The minimum Gasteiger partial charge on any atom is -0.298 e. The lowest BCUT2D eigenvalue weighted by molar-refractivity contribution is 0.713. The summed E-state index contributed by atoms with van der Waals surface area (Å²) in [5.74, 6) is 0. The lowest BCUT2D eigenvalue weighted by Gasteiger charge is -2.07. The van der Waals surface area contributed by atoms with Gasteiger partial charge in [0, 0.05) is 10.4 Å². The number of nitrogens with one attached hydrogen (secondary N) is 1. The molecule has 0 saturated carbocycles. The van der Waals surface area contributed by atoms with Crippen LogP contribution in [0.4, 0.5) is 0 Å². The Morgan fingerprint density at radius 1 is 1.14 bits per heavy atom. The van der Waals surface area contributed by atoms with Gasteiger partial charge in [-0.1, -0.05) is 41.4 Å². The van der Waals surface area contributed by atoms with E-state index < -0.39 is 11.2 Å². The molecule has 0 saturated heterocycles. The highest BCUT2D eigenvalue weighted by Gasteiger charge is 2.19. The molecule has 144 valence electrons.